The number of hydrogen-bond donors (Lipinski definition) is 2. The summed E-state index contributed by atoms with van der Waals surface area (Å²) in [4.78, 5) is 21.0. The lowest BCUT2D eigenvalue weighted by atomic mass is 10.1. The maximum absolute atomic E-state index is 13.1. The molecule has 0 bridgehead atoms. The molecule has 5 nitrogen and oxygen atoms in total. The Balaban J connectivity index is 1.62. The third-order valence-electron chi connectivity index (χ3n) is 4.27. The maximum atomic E-state index is 13.1. The Morgan fingerprint density at radius 3 is 2.61 bits per heavy atom. The van der Waals surface area contributed by atoms with Gasteiger partial charge in [-0.25, -0.2) is 4.98 Å². The van der Waals surface area contributed by atoms with Crippen LogP contribution in [0.25, 0.3) is 11.0 Å². The predicted molar refractivity (Wildman–Crippen MR) is 113 cm³/mol. The molecule has 0 fully saturated rings. The van der Waals surface area contributed by atoms with E-state index in [9.17, 15) is 4.79 Å². The van der Waals surface area contributed by atoms with E-state index >= 15 is 0 Å². The first-order valence-electron chi connectivity index (χ1n) is 8.84. The summed E-state index contributed by atoms with van der Waals surface area (Å²) in [6, 6.07) is 24.8. The van der Waals surface area contributed by atoms with Gasteiger partial charge in [-0.2, -0.15) is 0 Å². The van der Waals surface area contributed by atoms with E-state index in [0.29, 0.717) is 16.6 Å². The van der Waals surface area contributed by atoms with Gasteiger partial charge < -0.3 is 15.0 Å². The van der Waals surface area contributed by atoms with Crippen molar-refractivity contribution in [3.63, 3.8) is 0 Å². The van der Waals surface area contributed by atoms with E-state index in [4.69, 9.17) is 4.74 Å². The van der Waals surface area contributed by atoms with Crippen molar-refractivity contribution in [3.8, 4) is 5.75 Å². The van der Waals surface area contributed by atoms with E-state index in [1.54, 1.807) is 13.2 Å². The number of ether oxygens (including phenoxy) is 1. The molecule has 0 spiro atoms. The number of carbonyl (C=O) groups excluding carboxylic acids is 1. The number of hydrogen-bond acceptors (Lipinski definition) is 4. The van der Waals surface area contributed by atoms with Gasteiger partial charge in [0.2, 0.25) is 5.91 Å². The SMILES string of the molecule is COc1cccc(NC(=O)[C@@H](Sc2nc3ccccc3[nH]2)c2ccccc2)c1. The van der Waals surface area contributed by atoms with Crippen LogP contribution in [0.15, 0.2) is 84.0 Å². The minimum atomic E-state index is -0.451. The van der Waals surface area contributed by atoms with Gasteiger partial charge in [0.05, 0.1) is 18.1 Å². The molecule has 4 rings (SSSR count). The summed E-state index contributed by atoms with van der Waals surface area (Å²) < 4.78 is 5.24. The van der Waals surface area contributed by atoms with Crippen molar-refractivity contribution in [2.24, 2.45) is 0 Å². The molecule has 1 amide bonds. The summed E-state index contributed by atoms with van der Waals surface area (Å²) in [6.07, 6.45) is 0. The van der Waals surface area contributed by atoms with Crippen molar-refractivity contribution in [3.05, 3.63) is 84.4 Å². The molecular formula is C22H19N3O2S. The van der Waals surface area contributed by atoms with Gasteiger partial charge in [-0.3, -0.25) is 4.79 Å². The zero-order valence-corrected chi connectivity index (χ0v) is 16.1. The number of H-pyrrole nitrogens is 1. The fourth-order valence-electron chi connectivity index (χ4n) is 2.91. The van der Waals surface area contributed by atoms with Crippen LogP contribution in [-0.2, 0) is 4.79 Å². The van der Waals surface area contributed by atoms with Crippen molar-refractivity contribution in [1.82, 2.24) is 9.97 Å². The topological polar surface area (TPSA) is 67.0 Å². The van der Waals surface area contributed by atoms with Crippen molar-refractivity contribution in [2.45, 2.75) is 10.4 Å². The monoisotopic (exact) mass is 389 g/mol. The summed E-state index contributed by atoms with van der Waals surface area (Å²) in [5.74, 6) is 0.573. The molecule has 3 aromatic carbocycles. The van der Waals surface area contributed by atoms with Gasteiger partial charge in [0.15, 0.2) is 5.16 Å². The molecule has 0 saturated heterocycles. The zero-order valence-electron chi connectivity index (χ0n) is 15.3. The second-order valence-corrected chi connectivity index (χ2v) is 7.28. The average Bonchev–Trinajstić information content (AvgIpc) is 3.15. The summed E-state index contributed by atoms with van der Waals surface area (Å²) >= 11 is 1.39. The van der Waals surface area contributed by atoms with Gasteiger partial charge in [0, 0.05) is 11.8 Å². The van der Waals surface area contributed by atoms with Gasteiger partial charge in [-0.1, -0.05) is 60.3 Å². The molecule has 1 aromatic heterocycles. The average molecular weight is 389 g/mol. The molecule has 4 aromatic rings. The molecule has 1 heterocycles. The minimum absolute atomic E-state index is 0.120. The van der Waals surface area contributed by atoms with E-state index in [2.05, 4.69) is 15.3 Å². The highest BCUT2D eigenvalue weighted by molar-refractivity contribution is 8.00. The highest BCUT2D eigenvalue weighted by atomic mass is 32.2. The number of fused-ring (bicyclic) bond motifs is 1. The molecule has 2 N–H and O–H groups in total. The van der Waals surface area contributed by atoms with E-state index in [1.807, 2.05) is 72.8 Å². The number of aromatic amines is 1. The molecule has 0 aliphatic rings. The molecule has 6 heteroatoms. The summed E-state index contributed by atoms with van der Waals surface area (Å²) in [7, 11) is 1.60. The van der Waals surface area contributed by atoms with E-state index in [-0.39, 0.29) is 5.91 Å². The van der Waals surface area contributed by atoms with E-state index in [1.165, 1.54) is 11.8 Å². The summed E-state index contributed by atoms with van der Waals surface area (Å²) in [5, 5.41) is 3.24. The number of aromatic nitrogens is 2. The molecule has 0 unspecified atom stereocenters. The highest BCUT2D eigenvalue weighted by Gasteiger charge is 2.24. The number of imidazole rings is 1. The lowest BCUT2D eigenvalue weighted by Crippen LogP contribution is -2.19. The Bertz CT molecular complexity index is 1060. The lowest BCUT2D eigenvalue weighted by molar-refractivity contribution is -0.115. The van der Waals surface area contributed by atoms with Crippen LogP contribution >= 0.6 is 11.8 Å². The van der Waals surface area contributed by atoms with Crippen molar-refractivity contribution >= 4 is 34.4 Å². The van der Waals surface area contributed by atoms with Gasteiger partial charge in [-0.15, -0.1) is 0 Å². The molecule has 1 atom stereocenters. The van der Waals surface area contributed by atoms with Crippen LogP contribution in [0.5, 0.6) is 5.75 Å². The number of benzene rings is 3. The number of rotatable bonds is 6. The Kier molecular flexibility index (Phi) is 5.30. The number of anilines is 1. The number of carbonyl (C=O) groups is 1. The lowest BCUT2D eigenvalue weighted by Gasteiger charge is -2.16. The van der Waals surface area contributed by atoms with E-state index in [0.717, 1.165) is 16.6 Å². The van der Waals surface area contributed by atoms with E-state index < -0.39 is 5.25 Å². The Hall–Kier alpha value is -3.25. The van der Waals surface area contributed by atoms with Crippen LogP contribution in [0.1, 0.15) is 10.8 Å². The number of nitrogens with one attached hydrogen (secondary N) is 2. The quantitative estimate of drug-likeness (QED) is 0.453. The molecule has 0 radical (unpaired) electrons. The fourth-order valence-corrected chi connectivity index (χ4v) is 3.91. The third kappa shape index (κ3) is 4.02. The van der Waals surface area contributed by atoms with Crippen molar-refractivity contribution in [2.75, 3.05) is 12.4 Å². The Morgan fingerprint density at radius 2 is 1.82 bits per heavy atom. The third-order valence-corrected chi connectivity index (χ3v) is 5.41. The predicted octanol–water partition coefficient (Wildman–Crippen LogP) is 5.04. The van der Waals surface area contributed by atoms with Crippen LogP contribution in [0, 0.1) is 0 Å². The van der Waals surface area contributed by atoms with Crippen molar-refractivity contribution in [1.29, 1.82) is 0 Å². The Morgan fingerprint density at radius 1 is 1.04 bits per heavy atom. The zero-order chi connectivity index (χ0) is 19.3. The van der Waals surface area contributed by atoms with Gasteiger partial charge in [0.25, 0.3) is 0 Å². The van der Waals surface area contributed by atoms with Crippen LogP contribution in [0.3, 0.4) is 0 Å². The maximum Gasteiger partial charge on any atom is 0.242 e. The van der Waals surface area contributed by atoms with Gasteiger partial charge in [0.1, 0.15) is 11.0 Å². The minimum Gasteiger partial charge on any atom is -0.497 e. The second-order valence-electron chi connectivity index (χ2n) is 6.19. The standard InChI is InChI=1S/C22H19N3O2S/c1-27-17-11-7-10-16(14-17)23-21(26)20(15-8-3-2-4-9-15)28-22-24-18-12-5-6-13-19(18)25-22/h2-14,20H,1H3,(H,23,26)(H,24,25)/t20-/m0/s1. The van der Waals surface area contributed by atoms with Crippen LogP contribution < -0.4 is 10.1 Å². The number of amides is 1. The summed E-state index contributed by atoms with van der Waals surface area (Å²) in [6.45, 7) is 0. The number of methoxy groups -OCH3 is 1. The first kappa shape index (κ1) is 18.1. The summed E-state index contributed by atoms with van der Waals surface area (Å²) in [5.41, 5.74) is 3.43. The smallest absolute Gasteiger partial charge is 0.242 e. The Labute approximate surface area is 167 Å². The highest BCUT2D eigenvalue weighted by Crippen LogP contribution is 2.35. The molecule has 140 valence electrons. The number of para-hydroxylation sites is 2. The van der Waals surface area contributed by atoms with Crippen molar-refractivity contribution < 1.29 is 9.53 Å². The largest absolute Gasteiger partial charge is 0.497 e. The first-order chi connectivity index (χ1) is 13.7. The van der Waals surface area contributed by atoms with Crippen LogP contribution in [0.2, 0.25) is 0 Å². The first-order valence-corrected chi connectivity index (χ1v) is 9.72. The second kappa shape index (κ2) is 8.19. The molecule has 0 aliphatic carbocycles. The van der Waals surface area contributed by atoms with Gasteiger partial charge >= 0.3 is 0 Å². The van der Waals surface area contributed by atoms with Gasteiger partial charge in [-0.05, 0) is 29.8 Å². The normalized spacial score (nSPS) is 11.9. The molecule has 28 heavy (non-hydrogen) atoms. The number of nitrogens with zero attached hydrogens (tertiary/aromatic N) is 1. The molecular weight excluding hydrogens is 370 g/mol. The van der Waals surface area contributed by atoms with Crippen LogP contribution in [0.4, 0.5) is 5.69 Å². The fraction of sp³-hybridized carbons (Fsp3) is 0.0909. The number of thioether (sulfide) groups is 1. The molecule has 0 aliphatic heterocycles. The molecule has 0 saturated carbocycles. The van der Waals surface area contributed by atoms with Crippen LogP contribution in [-0.4, -0.2) is 23.0 Å².